The number of benzene rings is 1. The molecule has 2 N–H and O–H groups in total. The Morgan fingerprint density at radius 2 is 1.81 bits per heavy atom. The SMILES string of the molecule is Nc1c[n+](N2CCN(S(=O)(=O)c3ccccc3)CC2)no1. The first-order chi connectivity index (χ1) is 10.1. The lowest BCUT2D eigenvalue weighted by Gasteiger charge is -2.29. The highest BCUT2D eigenvalue weighted by Crippen LogP contribution is 2.16. The van der Waals surface area contributed by atoms with Crippen LogP contribution in [0.1, 0.15) is 0 Å². The van der Waals surface area contributed by atoms with E-state index in [4.69, 9.17) is 10.3 Å². The number of aromatic nitrogens is 2. The Labute approximate surface area is 122 Å². The van der Waals surface area contributed by atoms with Gasteiger partial charge in [0.15, 0.2) is 0 Å². The molecule has 1 aromatic heterocycles. The summed E-state index contributed by atoms with van der Waals surface area (Å²) < 4.78 is 31.2. The van der Waals surface area contributed by atoms with Crippen molar-refractivity contribution in [2.75, 3.05) is 36.9 Å². The van der Waals surface area contributed by atoms with Gasteiger partial charge in [-0.05, 0) is 12.1 Å². The predicted octanol–water partition coefficient (Wildman–Crippen LogP) is -0.813. The van der Waals surface area contributed by atoms with E-state index in [1.165, 1.54) is 9.10 Å². The van der Waals surface area contributed by atoms with Crippen LogP contribution >= 0.6 is 0 Å². The second kappa shape index (κ2) is 5.34. The van der Waals surface area contributed by atoms with Crippen LogP contribution in [0.2, 0.25) is 0 Å². The van der Waals surface area contributed by atoms with Crippen LogP contribution in [-0.4, -0.2) is 44.2 Å². The predicted molar refractivity (Wildman–Crippen MR) is 74.3 cm³/mol. The Balaban J connectivity index is 1.71. The molecule has 2 aromatic rings. The molecule has 8 nitrogen and oxygen atoms in total. The lowest BCUT2D eigenvalue weighted by molar-refractivity contribution is -0.759. The van der Waals surface area contributed by atoms with Gasteiger partial charge in [0.25, 0.3) is 12.1 Å². The van der Waals surface area contributed by atoms with Crippen molar-refractivity contribution in [2.45, 2.75) is 4.90 Å². The van der Waals surface area contributed by atoms with Gasteiger partial charge in [0, 0.05) is 13.1 Å². The molecule has 0 unspecified atom stereocenters. The lowest BCUT2D eigenvalue weighted by Crippen LogP contribution is -2.65. The van der Waals surface area contributed by atoms with Crippen molar-refractivity contribution < 1.29 is 17.7 Å². The minimum absolute atomic E-state index is 0.217. The molecule has 9 heteroatoms. The zero-order chi connectivity index (χ0) is 14.9. The van der Waals surface area contributed by atoms with Crippen LogP contribution in [0.3, 0.4) is 0 Å². The van der Waals surface area contributed by atoms with Crippen molar-refractivity contribution in [1.82, 2.24) is 9.58 Å². The summed E-state index contributed by atoms with van der Waals surface area (Å²) in [5, 5.41) is 5.63. The van der Waals surface area contributed by atoms with Crippen LogP contribution in [0.4, 0.5) is 5.88 Å². The Morgan fingerprint density at radius 1 is 1.14 bits per heavy atom. The maximum absolute atomic E-state index is 12.5. The number of rotatable bonds is 3. The summed E-state index contributed by atoms with van der Waals surface area (Å²) in [5.41, 5.74) is 5.47. The topological polar surface area (TPSA) is 96.6 Å². The van der Waals surface area contributed by atoms with Gasteiger partial charge in [-0.1, -0.05) is 18.2 Å². The molecule has 1 aliphatic rings. The molecule has 1 saturated heterocycles. The van der Waals surface area contributed by atoms with E-state index in [0.29, 0.717) is 31.1 Å². The molecular weight excluding hydrogens is 294 g/mol. The Morgan fingerprint density at radius 3 is 2.38 bits per heavy atom. The Bertz CT molecular complexity index is 708. The third kappa shape index (κ3) is 2.69. The molecule has 0 saturated carbocycles. The molecule has 3 rings (SSSR count). The fourth-order valence-corrected chi connectivity index (χ4v) is 3.69. The highest BCUT2D eigenvalue weighted by atomic mass is 32.2. The van der Waals surface area contributed by atoms with E-state index in [1.54, 1.807) is 36.5 Å². The summed E-state index contributed by atoms with van der Waals surface area (Å²) in [6.07, 6.45) is 1.56. The maximum atomic E-state index is 12.5. The fraction of sp³-hybridized carbons (Fsp3) is 0.333. The molecule has 1 aliphatic heterocycles. The van der Waals surface area contributed by atoms with Gasteiger partial charge in [0.1, 0.15) is 0 Å². The first kappa shape index (κ1) is 13.8. The molecule has 21 heavy (non-hydrogen) atoms. The standard InChI is InChI=1S/C12H16N5O3S/c13-12-10-17(14-20-12)15-6-8-16(9-7-15)21(18,19)11-4-2-1-3-5-11/h1-5,10H,6-9,13H2/q+1. The van der Waals surface area contributed by atoms with Crippen molar-refractivity contribution in [3.05, 3.63) is 36.5 Å². The van der Waals surface area contributed by atoms with Crippen molar-refractivity contribution in [3.63, 3.8) is 0 Å². The van der Waals surface area contributed by atoms with Gasteiger partial charge in [-0.3, -0.25) is 4.52 Å². The highest BCUT2D eigenvalue weighted by Gasteiger charge is 2.32. The van der Waals surface area contributed by atoms with E-state index in [2.05, 4.69) is 5.27 Å². The number of nitrogens with two attached hydrogens (primary N) is 1. The summed E-state index contributed by atoms with van der Waals surface area (Å²) in [5.74, 6) is 0.217. The average molecular weight is 310 g/mol. The second-order valence-electron chi connectivity index (χ2n) is 4.70. The van der Waals surface area contributed by atoms with Crippen LogP contribution < -0.4 is 15.5 Å². The molecule has 2 heterocycles. The van der Waals surface area contributed by atoms with Crippen LogP contribution in [0, 0.1) is 0 Å². The van der Waals surface area contributed by atoms with Gasteiger partial charge < -0.3 is 5.73 Å². The number of sulfonamides is 1. The fourth-order valence-electron chi connectivity index (χ4n) is 2.25. The van der Waals surface area contributed by atoms with Gasteiger partial charge in [-0.15, -0.1) is 0 Å². The van der Waals surface area contributed by atoms with Gasteiger partial charge in [-0.25, -0.2) is 8.42 Å². The molecule has 0 bridgehead atoms. The molecule has 0 amide bonds. The Kier molecular flexibility index (Phi) is 3.52. The van der Waals surface area contributed by atoms with E-state index in [1.807, 2.05) is 5.01 Å². The third-order valence-electron chi connectivity index (χ3n) is 3.36. The largest absolute Gasteiger partial charge is 0.362 e. The number of hydrogen-bond acceptors (Lipinski definition) is 6. The summed E-state index contributed by atoms with van der Waals surface area (Å²) in [6, 6.07) is 8.44. The summed E-state index contributed by atoms with van der Waals surface area (Å²) in [7, 11) is -3.43. The zero-order valence-corrected chi connectivity index (χ0v) is 12.1. The first-order valence-electron chi connectivity index (χ1n) is 6.52. The van der Waals surface area contributed by atoms with E-state index >= 15 is 0 Å². The average Bonchev–Trinajstić information content (AvgIpc) is 2.95. The molecule has 112 valence electrons. The molecule has 0 atom stereocenters. The van der Waals surface area contributed by atoms with Crippen molar-refractivity contribution >= 4 is 15.9 Å². The van der Waals surface area contributed by atoms with Crippen LogP contribution in [-0.2, 0) is 10.0 Å². The minimum atomic E-state index is -3.43. The quantitative estimate of drug-likeness (QED) is 0.745. The minimum Gasteiger partial charge on any atom is -0.362 e. The van der Waals surface area contributed by atoms with Crippen molar-refractivity contribution in [1.29, 1.82) is 0 Å². The normalized spacial score (nSPS) is 17.0. The smallest absolute Gasteiger partial charge is 0.296 e. The van der Waals surface area contributed by atoms with Gasteiger partial charge >= 0.3 is 0 Å². The number of hydrogen-bond donors (Lipinski definition) is 1. The number of anilines is 1. The van der Waals surface area contributed by atoms with Crippen LogP contribution in [0.15, 0.2) is 45.9 Å². The lowest BCUT2D eigenvalue weighted by atomic mass is 10.4. The van der Waals surface area contributed by atoms with Crippen molar-refractivity contribution in [3.8, 4) is 0 Å². The Hall–Kier alpha value is -2.13. The molecule has 0 aliphatic carbocycles. The third-order valence-corrected chi connectivity index (χ3v) is 5.27. The monoisotopic (exact) mass is 310 g/mol. The van der Waals surface area contributed by atoms with Crippen LogP contribution in [0.5, 0.6) is 0 Å². The molecule has 1 aromatic carbocycles. The second-order valence-corrected chi connectivity index (χ2v) is 6.63. The number of nitrogen functional groups attached to an aromatic ring is 1. The van der Waals surface area contributed by atoms with Gasteiger partial charge in [0.2, 0.25) is 15.3 Å². The molecule has 0 radical (unpaired) electrons. The summed E-state index contributed by atoms with van der Waals surface area (Å²) in [4.78, 5) is 1.82. The summed E-state index contributed by atoms with van der Waals surface area (Å²) >= 11 is 0. The van der Waals surface area contributed by atoms with Crippen LogP contribution in [0.25, 0.3) is 0 Å². The van der Waals surface area contributed by atoms with Gasteiger partial charge in [-0.2, -0.15) is 9.31 Å². The summed E-state index contributed by atoms with van der Waals surface area (Å²) in [6.45, 7) is 1.80. The molecular formula is C12H16N5O3S+. The zero-order valence-electron chi connectivity index (χ0n) is 11.3. The highest BCUT2D eigenvalue weighted by molar-refractivity contribution is 7.89. The number of piperazine rings is 1. The van der Waals surface area contributed by atoms with Crippen molar-refractivity contribution in [2.24, 2.45) is 0 Å². The van der Waals surface area contributed by atoms with E-state index in [-0.39, 0.29) is 5.88 Å². The van der Waals surface area contributed by atoms with E-state index in [0.717, 1.165) is 0 Å². The molecule has 1 fully saturated rings. The maximum Gasteiger partial charge on any atom is 0.296 e. The van der Waals surface area contributed by atoms with Gasteiger partial charge in [0.05, 0.1) is 22.8 Å². The number of nitrogens with zero attached hydrogens (tertiary/aromatic N) is 4. The van der Waals surface area contributed by atoms with E-state index in [9.17, 15) is 8.42 Å². The van der Waals surface area contributed by atoms with E-state index < -0.39 is 10.0 Å². The first-order valence-corrected chi connectivity index (χ1v) is 7.96. The molecule has 0 spiro atoms.